The molecule has 1 amide bonds. The quantitative estimate of drug-likeness (QED) is 0.538. The molecule has 0 radical (unpaired) electrons. The summed E-state index contributed by atoms with van der Waals surface area (Å²) >= 11 is 1.44. The van der Waals surface area contributed by atoms with Crippen molar-refractivity contribution in [3.05, 3.63) is 72.6 Å². The normalized spacial score (nSPS) is 10.7. The van der Waals surface area contributed by atoms with Gasteiger partial charge in [-0.1, -0.05) is 36.0 Å². The van der Waals surface area contributed by atoms with Crippen LogP contribution in [0.1, 0.15) is 10.4 Å². The van der Waals surface area contributed by atoms with Crippen LogP contribution in [0.3, 0.4) is 0 Å². The average molecular weight is 377 g/mol. The van der Waals surface area contributed by atoms with Crippen LogP contribution >= 0.6 is 11.8 Å². The van der Waals surface area contributed by atoms with Crippen molar-refractivity contribution in [2.75, 3.05) is 11.6 Å². The largest absolute Gasteiger partial charge is 0.322 e. The van der Waals surface area contributed by atoms with Gasteiger partial charge in [-0.05, 0) is 47.0 Å². The van der Waals surface area contributed by atoms with E-state index in [-0.39, 0.29) is 5.91 Å². The molecule has 134 valence electrons. The van der Waals surface area contributed by atoms with Crippen molar-refractivity contribution in [1.29, 1.82) is 0 Å². The molecule has 4 rings (SSSR count). The molecule has 4 aromatic rings. The van der Waals surface area contributed by atoms with Crippen molar-refractivity contribution in [1.82, 2.24) is 30.0 Å². The molecule has 27 heavy (non-hydrogen) atoms. The van der Waals surface area contributed by atoms with Crippen molar-refractivity contribution in [3.8, 4) is 11.4 Å². The lowest BCUT2D eigenvalue weighted by Gasteiger charge is -2.07. The first-order chi connectivity index (χ1) is 13.2. The van der Waals surface area contributed by atoms with E-state index in [1.165, 1.54) is 11.8 Å². The molecule has 0 aliphatic rings. The number of aromatic nitrogens is 6. The maximum atomic E-state index is 12.6. The summed E-state index contributed by atoms with van der Waals surface area (Å²) in [5, 5.41) is 19.4. The third-order valence-corrected chi connectivity index (χ3v) is 4.46. The average Bonchev–Trinajstić information content (AvgIpc) is 3.38. The van der Waals surface area contributed by atoms with Gasteiger partial charge in [-0.3, -0.25) is 4.79 Å². The highest BCUT2D eigenvalue weighted by atomic mass is 32.2. The van der Waals surface area contributed by atoms with Gasteiger partial charge < -0.3 is 5.32 Å². The Hall–Kier alpha value is -3.46. The first kappa shape index (κ1) is 17.0. The summed E-state index contributed by atoms with van der Waals surface area (Å²) < 4.78 is 3.28. The van der Waals surface area contributed by atoms with Gasteiger partial charge in [-0.25, -0.2) is 4.68 Å². The molecule has 1 N–H and O–H groups in total. The Morgan fingerprint density at radius 1 is 1.07 bits per heavy atom. The first-order valence-electron chi connectivity index (χ1n) is 8.09. The first-order valence-corrected chi connectivity index (χ1v) is 9.31. The molecule has 9 heteroatoms. The summed E-state index contributed by atoms with van der Waals surface area (Å²) in [5.41, 5.74) is 2.77. The van der Waals surface area contributed by atoms with Gasteiger partial charge in [0, 0.05) is 11.9 Å². The number of hydrogen-bond donors (Lipinski definition) is 1. The van der Waals surface area contributed by atoms with Crippen LogP contribution in [0.4, 0.5) is 5.69 Å². The third-order valence-electron chi connectivity index (χ3n) is 3.84. The fourth-order valence-electron chi connectivity index (χ4n) is 2.55. The van der Waals surface area contributed by atoms with Crippen LogP contribution < -0.4 is 5.32 Å². The van der Waals surface area contributed by atoms with Gasteiger partial charge >= 0.3 is 0 Å². The molecule has 2 aromatic carbocycles. The van der Waals surface area contributed by atoms with Crippen molar-refractivity contribution in [2.45, 2.75) is 5.16 Å². The number of carbonyl (C=O) groups is 1. The van der Waals surface area contributed by atoms with E-state index >= 15 is 0 Å². The summed E-state index contributed by atoms with van der Waals surface area (Å²) in [5.74, 6) is -0.240. The monoisotopic (exact) mass is 377 g/mol. The summed E-state index contributed by atoms with van der Waals surface area (Å²) in [4.78, 5) is 12.6. The molecule has 2 heterocycles. The molecule has 8 nitrogen and oxygen atoms in total. The summed E-state index contributed by atoms with van der Waals surface area (Å²) in [6.07, 6.45) is 5.14. The van der Waals surface area contributed by atoms with Crippen molar-refractivity contribution in [2.24, 2.45) is 0 Å². The second-order valence-electron chi connectivity index (χ2n) is 5.59. The molecule has 0 spiro atoms. The molecule has 0 aliphatic heterocycles. The summed E-state index contributed by atoms with van der Waals surface area (Å²) in [6.45, 7) is 0. The van der Waals surface area contributed by atoms with Crippen LogP contribution in [0.2, 0.25) is 0 Å². The minimum absolute atomic E-state index is 0.240. The Kier molecular flexibility index (Phi) is 4.67. The zero-order chi connectivity index (χ0) is 18.6. The number of anilines is 1. The van der Waals surface area contributed by atoms with E-state index in [1.807, 2.05) is 60.9 Å². The number of nitrogens with one attached hydrogen (secondary N) is 1. The van der Waals surface area contributed by atoms with Crippen molar-refractivity contribution < 1.29 is 4.79 Å². The van der Waals surface area contributed by atoms with E-state index in [9.17, 15) is 4.79 Å². The lowest BCUT2D eigenvalue weighted by Crippen LogP contribution is -2.11. The Morgan fingerprint density at radius 3 is 2.70 bits per heavy atom. The molecule has 0 fully saturated rings. The SMILES string of the molecule is CSc1nnnn1-c1cccc(NC(=O)c2cnn(-c3ccccc3)c2)c1. The van der Waals surface area contributed by atoms with E-state index in [2.05, 4.69) is 25.9 Å². The van der Waals surface area contributed by atoms with Gasteiger partial charge in [0.2, 0.25) is 5.16 Å². The highest BCUT2D eigenvalue weighted by Crippen LogP contribution is 2.19. The predicted octanol–water partition coefficient (Wildman–Crippen LogP) is 2.82. The lowest BCUT2D eigenvalue weighted by molar-refractivity contribution is 0.102. The molecule has 0 saturated carbocycles. The van der Waals surface area contributed by atoms with Gasteiger partial charge in [0.1, 0.15) is 0 Å². The van der Waals surface area contributed by atoms with Gasteiger partial charge in [0.25, 0.3) is 5.91 Å². The molecule has 0 aliphatic carbocycles. The van der Waals surface area contributed by atoms with Crippen LogP contribution in [0.25, 0.3) is 11.4 Å². The van der Waals surface area contributed by atoms with E-state index < -0.39 is 0 Å². The second kappa shape index (κ2) is 7.42. The molecule has 0 saturated heterocycles. The molecule has 0 unspecified atom stereocenters. The minimum atomic E-state index is -0.240. The minimum Gasteiger partial charge on any atom is -0.322 e. The van der Waals surface area contributed by atoms with Gasteiger partial charge in [-0.2, -0.15) is 9.78 Å². The van der Waals surface area contributed by atoms with Crippen LogP contribution in [0.5, 0.6) is 0 Å². The zero-order valence-corrected chi connectivity index (χ0v) is 15.2. The van der Waals surface area contributed by atoms with E-state index in [0.717, 1.165) is 11.4 Å². The number of thioether (sulfide) groups is 1. The second-order valence-corrected chi connectivity index (χ2v) is 6.36. The van der Waals surface area contributed by atoms with Gasteiger partial charge in [0.05, 0.1) is 23.1 Å². The number of rotatable bonds is 5. The van der Waals surface area contributed by atoms with Crippen molar-refractivity contribution >= 4 is 23.4 Å². The van der Waals surface area contributed by atoms with Crippen LogP contribution in [-0.4, -0.2) is 42.2 Å². The maximum Gasteiger partial charge on any atom is 0.258 e. The van der Waals surface area contributed by atoms with Gasteiger partial charge in [0.15, 0.2) is 0 Å². The topological polar surface area (TPSA) is 90.5 Å². The van der Waals surface area contributed by atoms with E-state index in [0.29, 0.717) is 16.4 Å². The molecule has 2 aromatic heterocycles. The highest BCUT2D eigenvalue weighted by molar-refractivity contribution is 7.98. The fraction of sp³-hybridized carbons (Fsp3) is 0.0556. The molecular formula is C18H15N7OS. The number of hydrogen-bond acceptors (Lipinski definition) is 6. The Morgan fingerprint density at radius 2 is 1.89 bits per heavy atom. The Balaban J connectivity index is 1.54. The lowest BCUT2D eigenvalue weighted by atomic mass is 10.2. The zero-order valence-electron chi connectivity index (χ0n) is 14.4. The molecule has 0 atom stereocenters. The van der Waals surface area contributed by atoms with E-state index in [1.54, 1.807) is 21.8 Å². The number of para-hydroxylation sites is 1. The Bertz CT molecular complexity index is 1070. The number of nitrogens with zero attached hydrogens (tertiary/aromatic N) is 6. The highest BCUT2D eigenvalue weighted by Gasteiger charge is 2.12. The van der Waals surface area contributed by atoms with Gasteiger partial charge in [-0.15, -0.1) is 5.10 Å². The van der Waals surface area contributed by atoms with E-state index in [4.69, 9.17) is 0 Å². The Labute approximate surface area is 159 Å². The van der Waals surface area contributed by atoms with Crippen LogP contribution in [0.15, 0.2) is 72.1 Å². The number of tetrazole rings is 1. The molecular weight excluding hydrogens is 362 g/mol. The van der Waals surface area contributed by atoms with Crippen LogP contribution in [0, 0.1) is 0 Å². The number of carbonyl (C=O) groups excluding carboxylic acids is 1. The smallest absolute Gasteiger partial charge is 0.258 e. The standard InChI is InChI=1S/C18H15N7OS/c1-27-18-21-22-23-25(18)16-9-5-6-14(10-16)20-17(26)13-11-19-24(12-13)15-7-3-2-4-8-15/h2-12H,1H3,(H,20,26). The fourth-order valence-corrected chi connectivity index (χ4v) is 2.98. The third kappa shape index (κ3) is 3.58. The predicted molar refractivity (Wildman–Crippen MR) is 102 cm³/mol. The van der Waals surface area contributed by atoms with Crippen LogP contribution in [-0.2, 0) is 0 Å². The van der Waals surface area contributed by atoms with Crippen molar-refractivity contribution in [3.63, 3.8) is 0 Å². The maximum absolute atomic E-state index is 12.6. The number of benzene rings is 2. The summed E-state index contributed by atoms with van der Waals surface area (Å²) in [7, 11) is 0. The molecule has 0 bridgehead atoms. The number of amides is 1. The summed E-state index contributed by atoms with van der Waals surface area (Å²) in [6, 6.07) is 17.0.